The number of hydrogen-bond donors (Lipinski definition) is 1. The van der Waals surface area contributed by atoms with Crippen LogP contribution in [-0.2, 0) is 0 Å². The number of hydrogen-bond acceptors (Lipinski definition) is 5. The second-order valence-corrected chi connectivity index (χ2v) is 5.10. The van der Waals surface area contributed by atoms with Crippen molar-refractivity contribution in [2.75, 3.05) is 0 Å². The van der Waals surface area contributed by atoms with E-state index in [1.807, 2.05) is 66.7 Å². The highest BCUT2D eigenvalue weighted by Gasteiger charge is 2.34. The Balaban J connectivity index is 1.52. The molecule has 0 aliphatic carbocycles. The molecule has 2 unspecified atom stereocenters. The Kier molecular flexibility index (Phi) is 3.16. The second-order valence-electron chi connectivity index (χ2n) is 5.10. The van der Waals surface area contributed by atoms with Crippen LogP contribution in [-0.4, -0.2) is 17.8 Å². The van der Waals surface area contributed by atoms with Gasteiger partial charge in [0, 0.05) is 11.6 Å². The number of ether oxygens (including phenoxy) is 1. The van der Waals surface area contributed by atoms with Crippen LogP contribution >= 0.6 is 0 Å². The van der Waals surface area contributed by atoms with Crippen LogP contribution in [0, 0.1) is 0 Å². The first kappa shape index (κ1) is 12.8. The third kappa shape index (κ3) is 2.37. The van der Waals surface area contributed by atoms with Crippen molar-refractivity contribution in [3.05, 3.63) is 78.2 Å². The highest BCUT2D eigenvalue weighted by Crippen LogP contribution is 2.24. The van der Waals surface area contributed by atoms with Gasteiger partial charge in [-0.2, -0.15) is 10.2 Å². The van der Waals surface area contributed by atoms with Crippen LogP contribution in [0.1, 0.15) is 5.56 Å². The van der Waals surface area contributed by atoms with E-state index in [4.69, 9.17) is 4.74 Å². The van der Waals surface area contributed by atoms with E-state index in [1.165, 1.54) is 0 Å². The Hall–Kier alpha value is -2.95. The van der Waals surface area contributed by atoms with Crippen molar-refractivity contribution in [3.8, 4) is 5.75 Å². The molecule has 2 heterocycles. The second kappa shape index (κ2) is 5.44. The number of azo groups is 1. The first-order chi connectivity index (χ1) is 10.9. The third-order valence-electron chi connectivity index (χ3n) is 3.59. The van der Waals surface area contributed by atoms with Crippen molar-refractivity contribution >= 4 is 5.71 Å². The van der Waals surface area contributed by atoms with E-state index >= 15 is 0 Å². The van der Waals surface area contributed by atoms with Crippen molar-refractivity contribution < 1.29 is 4.74 Å². The summed E-state index contributed by atoms with van der Waals surface area (Å²) < 4.78 is 5.71. The molecule has 2 aromatic carbocycles. The lowest BCUT2D eigenvalue weighted by molar-refractivity contribution is 0.391. The van der Waals surface area contributed by atoms with Crippen molar-refractivity contribution in [1.29, 1.82) is 0 Å². The minimum Gasteiger partial charge on any atom is -0.438 e. The topological polar surface area (TPSA) is 58.3 Å². The molecule has 0 saturated carbocycles. The van der Waals surface area contributed by atoms with Gasteiger partial charge in [-0.05, 0) is 12.1 Å². The number of fused-ring (bicyclic) bond motifs is 1. The Labute approximate surface area is 128 Å². The zero-order chi connectivity index (χ0) is 14.8. The Morgan fingerprint density at radius 3 is 2.41 bits per heavy atom. The predicted octanol–water partition coefficient (Wildman–Crippen LogP) is 3.12. The van der Waals surface area contributed by atoms with Crippen LogP contribution in [0.15, 0.2) is 88.0 Å². The fourth-order valence-corrected chi connectivity index (χ4v) is 2.52. The lowest BCUT2D eigenvalue weighted by Crippen LogP contribution is -2.33. The molecule has 108 valence electrons. The molecular formula is C17H14N4O. The maximum absolute atomic E-state index is 5.71. The van der Waals surface area contributed by atoms with Gasteiger partial charge in [0.1, 0.15) is 11.8 Å². The van der Waals surface area contributed by atoms with Gasteiger partial charge in [0.25, 0.3) is 0 Å². The standard InChI is InChI=1S/C17H14N4O/c1-3-7-12(8-4-1)16-17-14(18-20-16)11-15(19-21-17)22-13-9-5-2-6-10-13/h1-11,14,17-18H. The van der Waals surface area contributed by atoms with Crippen LogP contribution in [0.4, 0.5) is 0 Å². The minimum atomic E-state index is -0.106. The summed E-state index contributed by atoms with van der Waals surface area (Å²) in [6.07, 6.45) is 1.92. The zero-order valence-corrected chi connectivity index (χ0v) is 11.8. The number of para-hydroxylation sites is 1. The molecule has 5 nitrogen and oxygen atoms in total. The molecule has 0 spiro atoms. The summed E-state index contributed by atoms with van der Waals surface area (Å²) in [4.78, 5) is 0. The van der Waals surface area contributed by atoms with E-state index in [-0.39, 0.29) is 12.1 Å². The number of nitrogens with zero attached hydrogens (tertiary/aromatic N) is 3. The van der Waals surface area contributed by atoms with Crippen molar-refractivity contribution in [2.24, 2.45) is 15.3 Å². The Morgan fingerprint density at radius 2 is 1.64 bits per heavy atom. The molecule has 2 aromatic rings. The van der Waals surface area contributed by atoms with Gasteiger partial charge in [0.2, 0.25) is 5.88 Å². The van der Waals surface area contributed by atoms with Gasteiger partial charge in [0.15, 0.2) is 0 Å². The number of nitrogens with one attached hydrogen (secondary N) is 1. The summed E-state index contributed by atoms with van der Waals surface area (Å²) in [5.74, 6) is 1.23. The minimum absolute atomic E-state index is 0.0218. The van der Waals surface area contributed by atoms with Crippen LogP contribution in [0.25, 0.3) is 0 Å². The molecule has 2 aliphatic rings. The summed E-state index contributed by atoms with van der Waals surface area (Å²) in [5.41, 5.74) is 5.07. The van der Waals surface area contributed by atoms with E-state index in [0.29, 0.717) is 5.88 Å². The number of benzene rings is 2. The zero-order valence-electron chi connectivity index (χ0n) is 11.8. The largest absolute Gasteiger partial charge is 0.438 e. The Bertz CT molecular complexity index is 753. The van der Waals surface area contributed by atoms with Gasteiger partial charge in [0.05, 0.1) is 11.8 Å². The summed E-state index contributed by atoms with van der Waals surface area (Å²) >= 11 is 0. The molecule has 0 fully saturated rings. The lowest BCUT2D eigenvalue weighted by atomic mass is 9.99. The average Bonchev–Trinajstić information content (AvgIpc) is 3.00. The summed E-state index contributed by atoms with van der Waals surface area (Å²) in [7, 11) is 0. The number of hydrazone groups is 1. The molecule has 1 N–H and O–H groups in total. The van der Waals surface area contributed by atoms with E-state index < -0.39 is 0 Å². The van der Waals surface area contributed by atoms with Gasteiger partial charge in [-0.3, -0.25) is 5.43 Å². The SMILES string of the molecule is C1=C(Oc2ccccc2)N=NC2C(c3ccccc3)=NNC12. The summed E-state index contributed by atoms with van der Waals surface area (Å²) in [6, 6.07) is 19.4. The molecule has 0 radical (unpaired) electrons. The van der Waals surface area contributed by atoms with E-state index in [2.05, 4.69) is 20.8 Å². The van der Waals surface area contributed by atoms with Crippen LogP contribution in [0.3, 0.4) is 0 Å². The first-order valence-corrected chi connectivity index (χ1v) is 7.14. The summed E-state index contributed by atoms with van der Waals surface area (Å²) in [5, 5.41) is 13.0. The highest BCUT2D eigenvalue weighted by atomic mass is 16.5. The molecule has 2 aliphatic heterocycles. The normalized spacial score (nSPS) is 22.4. The van der Waals surface area contributed by atoms with Gasteiger partial charge < -0.3 is 4.74 Å². The van der Waals surface area contributed by atoms with Crippen molar-refractivity contribution in [1.82, 2.24) is 5.43 Å². The van der Waals surface area contributed by atoms with E-state index in [0.717, 1.165) is 17.0 Å². The average molecular weight is 290 g/mol. The molecule has 4 rings (SSSR count). The number of rotatable bonds is 3. The molecule has 22 heavy (non-hydrogen) atoms. The molecule has 5 heteroatoms. The van der Waals surface area contributed by atoms with Gasteiger partial charge in [-0.25, -0.2) is 0 Å². The van der Waals surface area contributed by atoms with Crippen molar-refractivity contribution in [3.63, 3.8) is 0 Å². The van der Waals surface area contributed by atoms with E-state index in [9.17, 15) is 0 Å². The van der Waals surface area contributed by atoms with Gasteiger partial charge in [-0.15, -0.1) is 5.11 Å². The van der Waals surface area contributed by atoms with Crippen molar-refractivity contribution in [2.45, 2.75) is 12.1 Å². The monoisotopic (exact) mass is 290 g/mol. The highest BCUT2D eigenvalue weighted by molar-refractivity contribution is 6.06. The molecule has 0 aromatic heterocycles. The predicted molar refractivity (Wildman–Crippen MR) is 83.7 cm³/mol. The first-order valence-electron chi connectivity index (χ1n) is 7.14. The van der Waals surface area contributed by atoms with Crippen LogP contribution in [0.2, 0.25) is 0 Å². The maximum atomic E-state index is 5.71. The summed E-state index contributed by atoms with van der Waals surface area (Å²) in [6.45, 7) is 0. The molecule has 2 atom stereocenters. The molecule has 0 bridgehead atoms. The quantitative estimate of drug-likeness (QED) is 0.944. The lowest BCUT2D eigenvalue weighted by Gasteiger charge is -2.17. The fraction of sp³-hybridized carbons (Fsp3) is 0.118. The van der Waals surface area contributed by atoms with Gasteiger partial charge >= 0.3 is 0 Å². The molecular weight excluding hydrogens is 276 g/mol. The van der Waals surface area contributed by atoms with Crippen LogP contribution < -0.4 is 10.2 Å². The Morgan fingerprint density at radius 1 is 0.909 bits per heavy atom. The third-order valence-corrected chi connectivity index (χ3v) is 3.59. The smallest absolute Gasteiger partial charge is 0.236 e. The molecule has 0 saturated heterocycles. The molecule has 0 amide bonds. The van der Waals surface area contributed by atoms with Gasteiger partial charge in [-0.1, -0.05) is 48.5 Å². The van der Waals surface area contributed by atoms with E-state index in [1.54, 1.807) is 0 Å². The van der Waals surface area contributed by atoms with Crippen LogP contribution in [0.5, 0.6) is 5.75 Å². The maximum Gasteiger partial charge on any atom is 0.236 e. The fourth-order valence-electron chi connectivity index (χ4n) is 2.52.